The first-order valence-electron chi connectivity index (χ1n) is 9.28. The molecule has 0 spiro atoms. The molecule has 0 radical (unpaired) electrons. The monoisotopic (exact) mass is 388 g/mol. The van der Waals surface area contributed by atoms with Crippen molar-refractivity contribution < 1.29 is 9.26 Å². The Labute approximate surface area is 167 Å². The fraction of sp³-hybridized carbons (Fsp3) is 0.182. The lowest BCUT2D eigenvalue weighted by Gasteiger charge is -2.09. The van der Waals surface area contributed by atoms with Crippen LogP contribution < -0.4 is 10.2 Å². The van der Waals surface area contributed by atoms with Crippen LogP contribution in [0.4, 0.5) is 0 Å². The molecule has 0 aliphatic rings. The molecule has 0 amide bonds. The van der Waals surface area contributed by atoms with Crippen molar-refractivity contribution >= 4 is 0 Å². The molecule has 0 saturated heterocycles. The topological polar surface area (TPSA) is 83.0 Å². The second kappa shape index (κ2) is 7.71. The van der Waals surface area contributed by atoms with Gasteiger partial charge in [-0.3, -0.25) is 4.79 Å². The lowest BCUT2D eigenvalue weighted by molar-refractivity contribution is 0.242. The SMILES string of the molecule is Cc1cccc(-n2ccc(=O)c(-c3nc(-c4ccc(OC(C)C)cc4)no3)n2)c1. The summed E-state index contributed by atoms with van der Waals surface area (Å²) in [5.74, 6) is 1.22. The molecule has 0 fully saturated rings. The molecule has 146 valence electrons. The minimum absolute atomic E-state index is 0.0783. The summed E-state index contributed by atoms with van der Waals surface area (Å²) in [6, 6.07) is 16.6. The van der Waals surface area contributed by atoms with Gasteiger partial charge < -0.3 is 9.26 Å². The van der Waals surface area contributed by atoms with Crippen LogP contribution in [0.2, 0.25) is 0 Å². The number of aromatic nitrogens is 4. The van der Waals surface area contributed by atoms with E-state index in [1.807, 2.05) is 69.3 Å². The van der Waals surface area contributed by atoms with E-state index >= 15 is 0 Å². The van der Waals surface area contributed by atoms with Crippen molar-refractivity contribution in [3.8, 4) is 34.4 Å². The zero-order valence-electron chi connectivity index (χ0n) is 16.4. The summed E-state index contributed by atoms with van der Waals surface area (Å²) >= 11 is 0. The van der Waals surface area contributed by atoms with Gasteiger partial charge in [0.2, 0.25) is 11.3 Å². The molecule has 0 aliphatic heterocycles. The van der Waals surface area contributed by atoms with E-state index in [0.29, 0.717) is 5.82 Å². The lowest BCUT2D eigenvalue weighted by Crippen LogP contribution is -2.12. The molecule has 0 saturated carbocycles. The standard InChI is InChI=1S/C22H20N4O3/c1-14(2)28-18-9-7-16(8-10-18)21-23-22(29-25-21)20-19(27)11-12-26(24-20)17-6-4-5-15(3)13-17/h4-14H,1-3H3. The van der Waals surface area contributed by atoms with Gasteiger partial charge >= 0.3 is 0 Å². The Balaban J connectivity index is 1.66. The zero-order valence-corrected chi connectivity index (χ0v) is 16.4. The molecule has 2 heterocycles. The Morgan fingerprint density at radius 2 is 1.86 bits per heavy atom. The van der Waals surface area contributed by atoms with Gasteiger partial charge in [0.15, 0.2) is 5.69 Å². The summed E-state index contributed by atoms with van der Waals surface area (Å²) in [5.41, 5.74) is 2.50. The molecule has 0 atom stereocenters. The van der Waals surface area contributed by atoms with Crippen molar-refractivity contribution in [1.29, 1.82) is 0 Å². The second-order valence-electron chi connectivity index (χ2n) is 6.93. The largest absolute Gasteiger partial charge is 0.491 e. The number of rotatable bonds is 5. The third-order valence-corrected chi connectivity index (χ3v) is 4.19. The number of nitrogens with zero attached hydrogens (tertiary/aromatic N) is 4. The number of benzene rings is 2. The average molecular weight is 388 g/mol. The van der Waals surface area contributed by atoms with Crippen LogP contribution in [0.25, 0.3) is 28.7 Å². The molecule has 7 nitrogen and oxygen atoms in total. The smallest absolute Gasteiger partial charge is 0.282 e. The summed E-state index contributed by atoms with van der Waals surface area (Å²) in [6.07, 6.45) is 1.71. The van der Waals surface area contributed by atoms with Gasteiger partial charge in [0.05, 0.1) is 11.8 Å². The highest BCUT2D eigenvalue weighted by molar-refractivity contribution is 5.58. The first kappa shape index (κ1) is 18.6. The maximum absolute atomic E-state index is 12.3. The Hall–Kier alpha value is -3.74. The summed E-state index contributed by atoms with van der Waals surface area (Å²) in [6.45, 7) is 5.93. The molecule has 0 N–H and O–H groups in total. The average Bonchev–Trinajstić information content (AvgIpc) is 3.18. The van der Waals surface area contributed by atoms with E-state index in [4.69, 9.17) is 9.26 Å². The van der Waals surface area contributed by atoms with Crippen molar-refractivity contribution in [2.45, 2.75) is 26.9 Å². The quantitative estimate of drug-likeness (QED) is 0.513. The van der Waals surface area contributed by atoms with Crippen molar-refractivity contribution in [3.05, 3.63) is 76.6 Å². The predicted molar refractivity (Wildman–Crippen MR) is 109 cm³/mol. The van der Waals surface area contributed by atoms with Crippen LogP contribution in [0.15, 0.2) is 70.1 Å². The minimum Gasteiger partial charge on any atom is -0.491 e. The second-order valence-corrected chi connectivity index (χ2v) is 6.93. The third-order valence-electron chi connectivity index (χ3n) is 4.19. The van der Waals surface area contributed by atoms with E-state index in [9.17, 15) is 4.79 Å². The van der Waals surface area contributed by atoms with Gasteiger partial charge in [0, 0.05) is 17.8 Å². The summed E-state index contributed by atoms with van der Waals surface area (Å²) in [5, 5.41) is 8.39. The van der Waals surface area contributed by atoms with E-state index in [-0.39, 0.29) is 23.1 Å². The third kappa shape index (κ3) is 4.08. The number of hydrogen-bond acceptors (Lipinski definition) is 6. The van der Waals surface area contributed by atoms with Crippen molar-refractivity contribution in [3.63, 3.8) is 0 Å². The van der Waals surface area contributed by atoms with E-state index in [1.165, 1.54) is 6.07 Å². The van der Waals surface area contributed by atoms with Gasteiger partial charge in [-0.15, -0.1) is 0 Å². The molecule has 4 rings (SSSR count). The molecular formula is C22H20N4O3. The fourth-order valence-electron chi connectivity index (χ4n) is 2.86. The van der Waals surface area contributed by atoms with Crippen LogP contribution in [0, 0.1) is 6.92 Å². The highest BCUT2D eigenvalue weighted by Crippen LogP contribution is 2.22. The van der Waals surface area contributed by atoms with Crippen LogP contribution in [-0.4, -0.2) is 26.0 Å². The highest BCUT2D eigenvalue weighted by Gasteiger charge is 2.16. The maximum atomic E-state index is 12.3. The van der Waals surface area contributed by atoms with E-state index in [1.54, 1.807) is 10.9 Å². The summed E-state index contributed by atoms with van der Waals surface area (Å²) in [7, 11) is 0. The number of aryl methyl sites for hydroxylation is 1. The van der Waals surface area contributed by atoms with Gasteiger partial charge in [0.1, 0.15) is 5.75 Å². The molecular weight excluding hydrogens is 368 g/mol. The lowest BCUT2D eigenvalue weighted by atomic mass is 10.2. The van der Waals surface area contributed by atoms with E-state index in [0.717, 1.165) is 22.6 Å². The maximum Gasteiger partial charge on any atom is 0.282 e. The van der Waals surface area contributed by atoms with Crippen LogP contribution >= 0.6 is 0 Å². The molecule has 2 aromatic carbocycles. The number of ether oxygens (including phenoxy) is 1. The van der Waals surface area contributed by atoms with Gasteiger partial charge in [-0.25, -0.2) is 4.68 Å². The van der Waals surface area contributed by atoms with E-state index < -0.39 is 0 Å². The van der Waals surface area contributed by atoms with Gasteiger partial charge in [0.25, 0.3) is 5.89 Å². The van der Waals surface area contributed by atoms with Gasteiger partial charge in [-0.2, -0.15) is 10.1 Å². The Bertz CT molecular complexity index is 1190. The van der Waals surface area contributed by atoms with Crippen LogP contribution in [0.3, 0.4) is 0 Å². The predicted octanol–water partition coefficient (Wildman–Crippen LogP) is 4.05. The molecule has 0 bridgehead atoms. The van der Waals surface area contributed by atoms with E-state index in [2.05, 4.69) is 15.2 Å². The van der Waals surface area contributed by atoms with Gasteiger partial charge in [-0.05, 0) is 62.7 Å². The van der Waals surface area contributed by atoms with Crippen LogP contribution in [0.1, 0.15) is 19.4 Å². The normalized spacial score (nSPS) is 11.0. The highest BCUT2D eigenvalue weighted by atomic mass is 16.5. The van der Waals surface area contributed by atoms with Crippen LogP contribution in [-0.2, 0) is 0 Å². The minimum atomic E-state index is -0.287. The Morgan fingerprint density at radius 3 is 2.59 bits per heavy atom. The molecule has 0 aliphatic carbocycles. The zero-order chi connectivity index (χ0) is 20.4. The van der Waals surface area contributed by atoms with Gasteiger partial charge in [-0.1, -0.05) is 17.3 Å². The fourth-order valence-corrected chi connectivity index (χ4v) is 2.86. The molecule has 29 heavy (non-hydrogen) atoms. The van der Waals surface area contributed by atoms with Crippen molar-refractivity contribution in [1.82, 2.24) is 19.9 Å². The molecule has 2 aromatic heterocycles. The molecule has 7 heteroatoms. The van der Waals surface area contributed by atoms with Crippen molar-refractivity contribution in [2.24, 2.45) is 0 Å². The first-order chi connectivity index (χ1) is 14.0. The Morgan fingerprint density at radius 1 is 1.07 bits per heavy atom. The first-order valence-corrected chi connectivity index (χ1v) is 9.28. The Kier molecular flexibility index (Phi) is 4.95. The molecule has 4 aromatic rings. The summed E-state index contributed by atoms with van der Waals surface area (Å²) in [4.78, 5) is 16.7. The van der Waals surface area contributed by atoms with Crippen molar-refractivity contribution in [2.75, 3.05) is 0 Å². The number of hydrogen-bond donors (Lipinski definition) is 0. The summed E-state index contributed by atoms with van der Waals surface area (Å²) < 4.78 is 12.6. The van der Waals surface area contributed by atoms with Crippen LogP contribution in [0.5, 0.6) is 5.75 Å². The molecule has 0 unspecified atom stereocenters.